The van der Waals surface area contributed by atoms with E-state index in [0.717, 1.165) is 34.4 Å². The molecule has 31 heavy (non-hydrogen) atoms. The van der Waals surface area contributed by atoms with Gasteiger partial charge in [-0.1, -0.05) is 30.3 Å². The Balaban J connectivity index is 2.06. The molecule has 0 fully saturated rings. The van der Waals surface area contributed by atoms with Gasteiger partial charge in [-0.25, -0.2) is 9.79 Å². The number of aliphatic hydroxyl groups excluding tert-OH is 1. The van der Waals surface area contributed by atoms with Gasteiger partial charge in [-0.05, 0) is 62.7 Å². The summed E-state index contributed by atoms with van der Waals surface area (Å²) in [5, 5.41) is 11.6. The van der Waals surface area contributed by atoms with Crippen LogP contribution in [0.4, 0.5) is 0 Å². The normalized spacial score (nSPS) is 16.4. The molecule has 0 spiro atoms. The molecule has 6 nitrogen and oxygen atoms in total. The van der Waals surface area contributed by atoms with Crippen LogP contribution < -0.4 is 0 Å². The highest BCUT2D eigenvalue weighted by Crippen LogP contribution is 2.40. The lowest BCUT2D eigenvalue weighted by atomic mass is 10.2. The van der Waals surface area contributed by atoms with Gasteiger partial charge < -0.3 is 14.4 Å². The highest BCUT2D eigenvalue weighted by Gasteiger charge is 2.33. The smallest absolute Gasteiger partial charge is 0.344 e. The number of rotatable bonds is 5. The van der Waals surface area contributed by atoms with Crippen LogP contribution in [0.2, 0.25) is 5.02 Å². The molecule has 2 heterocycles. The van der Waals surface area contributed by atoms with Gasteiger partial charge in [0.2, 0.25) is 5.91 Å². The Labute approximate surface area is 190 Å². The topological polar surface area (TPSA) is 80.9 Å². The predicted molar refractivity (Wildman–Crippen MR) is 125 cm³/mol. The Hall–Kier alpha value is -2.77. The number of ether oxygens (including phenoxy) is 1. The van der Waals surface area contributed by atoms with E-state index in [0.29, 0.717) is 9.93 Å². The molecular weight excluding hydrogens is 436 g/mol. The number of thioether (sulfide) groups is 1. The van der Waals surface area contributed by atoms with Crippen molar-refractivity contribution >= 4 is 46.4 Å². The summed E-state index contributed by atoms with van der Waals surface area (Å²) >= 11 is 7.09. The first-order chi connectivity index (χ1) is 14.8. The fourth-order valence-corrected chi connectivity index (χ4v) is 4.40. The van der Waals surface area contributed by atoms with E-state index in [1.54, 1.807) is 19.9 Å². The Kier molecular flexibility index (Phi) is 7.08. The van der Waals surface area contributed by atoms with E-state index in [-0.39, 0.29) is 35.3 Å². The number of nitrogens with zero attached hydrogens (tertiary/aromatic N) is 2. The molecule has 1 aromatic heterocycles. The standard InChI is InChI=1S/C23H23ClN2O4S/c1-5-19(27)25-22-20(23(29)30-6-2)21(28)18(31-22)12-15-11-13(3)26(14(15)4)17-9-7-16(24)8-10-17/h7-12,28H,5-6H2,1-4H3/b18-12-,25-22?. The molecule has 2 aromatic rings. The van der Waals surface area contributed by atoms with Crippen molar-refractivity contribution in [3.63, 3.8) is 0 Å². The molecular formula is C23H23ClN2O4S. The minimum absolute atomic E-state index is 0.0774. The lowest BCUT2D eigenvalue weighted by molar-refractivity contribution is -0.138. The highest BCUT2D eigenvalue weighted by atomic mass is 35.5. The van der Waals surface area contributed by atoms with E-state index in [1.807, 2.05) is 44.2 Å². The van der Waals surface area contributed by atoms with Crippen molar-refractivity contribution in [2.45, 2.75) is 34.1 Å². The number of hydrogen-bond acceptors (Lipinski definition) is 5. The number of aromatic nitrogens is 1. The quantitative estimate of drug-likeness (QED) is 0.594. The number of halogens is 1. The fraction of sp³-hybridized carbons (Fsp3) is 0.261. The van der Waals surface area contributed by atoms with Gasteiger partial charge in [-0.3, -0.25) is 4.79 Å². The second kappa shape index (κ2) is 9.58. The molecule has 1 amide bonds. The van der Waals surface area contributed by atoms with Crippen molar-refractivity contribution < 1.29 is 19.4 Å². The first kappa shape index (κ1) is 22.9. The lowest BCUT2D eigenvalue weighted by Gasteiger charge is -2.09. The summed E-state index contributed by atoms with van der Waals surface area (Å²) in [7, 11) is 0. The van der Waals surface area contributed by atoms with Crippen LogP contribution in [0.5, 0.6) is 0 Å². The number of aliphatic imine (C=N–C) groups is 1. The van der Waals surface area contributed by atoms with Crippen LogP contribution in [0.1, 0.15) is 37.2 Å². The van der Waals surface area contributed by atoms with Crippen molar-refractivity contribution in [3.05, 3.63) is 68.5 Å². The first-order valence-electron chi connectivity index (χ1n) is 9.83. The summed E-state index contributed by atoms with van der Waals surface area (Å²) in [5.74, 6) is -1.31. The summed E-state index contributed by atoms with van der Waals surface area (Å²) < 4.78 is 7.12. The number of carbonyl (C=O) groups excluding carboxylic acids is 2. The number of amides is 1. The molecule has 3 rings (SSSR count). The van der Waals surface area contributed by atoms with Crippen LogP contribution in [0.3, 0.4) is 0 Å². The van der Waals surface area contributed by atoms with E-state index in [9.17, 15) is 14.7 Å². The number of benzene rings is 1. The van der Waals surface area contributed by atoms with Crippen LogP contribution in [0.25, 0.3) is 11.8 Å². The van der Waals surface area contributed by atoms with Gasteiger partial charge in [0.25, 0.3) is 0 Å². The Morgan fingerprint density at radius 1 is 1.23 bits per heavy atom. The molecule has 0 atom stereocenters. The van der Waals surface area contributed by atoms with E-state index >= 15 is 0 Å². The van der Waals surface area contributed by atoms with E-state index in [1.165, 1.54) is 0 Å². The van der Waals surface area contributed by atoms with Gasteiger partial charge in [-0.2, -0.15) is 0 Å². The maximum atomic E-state index is 12.4. The van der Waals surface area contributed by atoms with Crippen LogP contribution in [0, 0.1) is 13.8 Å². The fourth-order valence-electron chi connectivity index (χ4n) is 3.25. The minimum atomic E-state index is -0.704. The second-order valence-corrected chi connectivity index (χ2v) is 8.32. The number of esters is 1. The Bertz CT molecular complexity index is 1130. The maximum absolute atomic E-state index is 12.4. The molecule has 0 aliphatic carbocycles. The monoisotopic (exact) mass is 458 g/mol. The molecule has 0 saturated heterocycles. The third kappa shape index (κ3) is 4.78. The number of aliphatic hydroxyl groups is 1. The minimum Gasteiger partial charge on any atom is -0.506 e. The largest absolute Gasteiger partial charge is 0.506 e. The molecule has 1 N–H and O–H groups in total. The molecule has 0 radical (unpaired) electrons. The van der Waals surface area contributed by atoms with Crippen LogP contribution in [-0.2, 0) is 14.3 Å². The third-order valence-corrected chi connectivity index (χ3v) is 6.01. The zero-order valence-electron chi connectivity index (χ0n) is 17.7. The average molecular weight is 459 g/mol. The summed E-state index contributed by atoms with van der Waals surface area (Å²) in [6.07, 6.45) is 1.98. The summed E-state index contributed by atoms with van der Waals surface area (Å²) in [4.78, 5) is 28.7. The van der Waals surface area contributed by atoms with Crippen molar-refractivity contribution in [2.75, 3.05) is 6.61 Å². The van der Waals surface area contributed by atoms with Crippen molar-refractivity contribution in [1.82, 2.24) is 4.57 Å². The molecule has 0 saturated carbocycles. The Morgan fingerprint density at radius 2 is 1.90 bits per heavy atom. The van der Waals surface area contributed by atoms with Gasteiger partial charge in [0.1, 0.15) is 16.4 Å². The number of aryl methyl sites for hydroxylation is 1. The lowest BCUT2D eigenvalue weighted by Crippen LogP contribution is -2.14. The SMILES string of the molecule is CCOC(=O)C1=C(O)/C(=C/c2cc(C)n(-c3ccc(Cl)cc3)c2C)SC1=NC(=O)CC. The molecule has 162 valence electrons. The molecule has 0 bridgehead atoms. The highest BCUT2D eigenvalue weighted by molar-refractivity contribution is 8.18. The van der Waals surface area contributed by atoms with Crippen molar-refractivity contribution in [2.24, 2.45) is 4.99 Å². The summed E-state index contributed by atoms with van der Waals surface area (Å²) in [6, 6.07) is 9.51. The van der Waals surface area contributed by atoms with Gasteiger partial charge in [0.05, 0.1) is 11.5 Å². The molecule has 1 aromatic carbocycles. The molecule has 0 unspecified atom stereocenters. The molecule has 8 heteroatoms. The third-order valence-electron chi connectivity index (χ3n) is 4.74. The van der Waals surface area contributed by atoms with Crippen LogP contribution in [-0.4, -0.2) is 33.2 Å². The van der Waals surface area contributed by atoms with Crippen molar-refractivity contribution in [3.8, 4) is 5.69 Å². The zero-order valence-corrected chi connectivity index (χ0v) is 19.3. The average Bonchev–Trinajstić information content (AvgIpc) is 3.18. The maximum Gasteiger partial charge on any atom is 0.344 e. The first-order valence-corrected chi connectivity index (χ1v) is 11.0. The second-order valence-electron chi connectivity index (χ2n) is 6.86. The van der Waals surface area contributed by atoms with Gasteiger partial charge in [-0.15, -0.1) is 0 Å². The summed E-state index contributed by atoms with van der Waals surface area (Å²) in [5.41, 5.74) is 3.71. The molecule has 1 aliphatic heterocycles. The van der Waals surface area contributed by atoms with Gasteiger partial charge >= 0.3 is 5.97 Å². The Morgan fingerprint density at radius 3 is 2.52 bits per heavy atom. The molecule has 1 aliphatic rings. The zero-order chi connectivity index (χ0) is 22.7. The van der Waals surface area contributed by atoms with E-state index in [4.69, 9.17) is 16.3 Å². The predicted octanol–water partition coefficient (Wildman–Crippen LogP) is 5.55. The van der Waals surface area contributed by atoms with Crippen LogP contribution in [0.15, 0.2) is 51.6 Å². The van der Waals surface area contributed by atoms with Crippen LogP contribution >= 0.6 is 23.4 Å². The number of carbonyl (C=O) groups is 2. The summed E-state index contributed by atoms with van der Waals surface area (Å²) in [6.45, 7) is 7.46. The van der Waals surface area contributed by atoms with E-state index in [2.05, 4.69) is 9.56 Å². The van der Waals surface area contributed by atoms with Gasteiger partial charge in [0.15, 0.2) is 0 Å². The van der Waals surface area contributed by atoms with Gasteiger partial charge in [0, 0.05) is 28.5 Å². The number of hydrogen-bond donors (Lipinski definition) is 1. The van der Waals surface area contributed by atoms with E-state index < -0.39 is 5.97 Å². The van der Waals surface area contributed by atoms with Crippen molar-refractivity contribution in [1.29, 1.82) is 0 Å².